The van der Waals surface area contributed by atoms with Crippen LogP contribution in [-0.2, 0) is 27.5 Å². The molecule has 4 rings (SSSR count). The van der Waals surface area contributed by atoms with Crippen LogP contribution in [0.4, 0.5) is 5.69 Å². The monoisotopic (exact) mass is 489 g/mol. The fraction of sp³-hybridized carbons (Fsp3) is 0.231. The molecule has 4 amide bonds. The summed E-state index contributed by atoms with van der Waals surface area (Å²) in [6, 6.07) is 12.4. The average Bonchev–Trinajstić information content (AvgIpc) is 3.19. The highest BCUT2D eigenvalue weighted by molar-refractivity contribution is 6.02. The lowest BCUT2D eigenvalue weighted by Gasteiger charge is -2.31. The maximum absolute atomic E-state index is 13.2. The number of fused-ring (bicyclic) bond motifs is 3. The molecule has 2 heterocycles. The van der Waals surface area contributed by atoms with Gasteiger partial charge in [-0.1, -0.05) is 18.7 Å². The van der Waals surface area contributed by atoms with Gasteiger partial charge >= 0.3 is 0 Å². The van der Waals surface area contributed by atoms with E-state index >= 15 is 0 Å². The second kappa shape index (κ2) is 10.1. The summed E-state index contributed by atoms with van der Waals surface area (Å²) in [4.78, 5) is 51.3. The second-order valence-corrected chi connectivity index (χ2v) is 8.81. The number of rotatable bonds is 7. The lowest BCUT2D eigenvalue weighted by atomic mass is 9.90. The Morgan fingerprint density at radius 2 is 1.92 bits per heavy atom. The van der Waals surface area contributed by atoms with Crippen LogP contribution in [0.5, 0.6) is 0 Å². The number of aromatic nitrogens is 1. The van der Waals surface area contributed by atoms with Crippen LogP contribution in [0.25, 0.3) is 10.9 Å². The molecule has 1 aromatic heterocycles. The first kappa shape index (κ1) is 24.8. The number of hydrogen-bond donors (Lipinski definition) is 3. The van der Waals surface area contributed by atoms with E-state index in [1.807, 2.05) is 24.1 Å². The minimum absolute atomic E-state index is 0.309. The van der Waals surface area contributed by atoms with Gasteiger partial charge in [-0.05, 0) is 54.6 Å². The van der Waals surface area contributed by atoms with E-state index in [0.29, 0.717) is 37.3 Å². The Morgan fingerprint density at radius 3 is 2.56 bits per heavy atom. The van der Waals surface area contributed by atoms with Crippen molar-refractivity contribution < 1.29 is 24.4 Å². The fourth-order valence-corrected chi connectivity index (χ4v) is 4.68. The van der Waals surface area contributed by atoms with E-state index in [0.717, 1.165) is 32.6 Å². The van der Waals surface area contributed by atoms with Crippen molar-refractivity contribution >= 4 is 40.7 Å². The van der Waals surface area contributed by atoms with Gasteiger partial charge in [-0.15, -0.1) is 0 Å². The van der Waals surface area contributed by atoms with Gasteiger partial charge in [0.15, 0.2) is 0 Å². The Hall–Kier alpha value is -4.28. The molecule has 0 bridgehead atoms. The van der Waals surface area contributed by atoms with Crippen LogP contribution in [0, 0.1) is 0 Å². The third kappa shape index (κ3) is 4.64. The summed E-state index contributed by atoms with van der Waals surface area (Å²) < 4.78 is 2.11. The molecule has 1 unspecified atom stereocenters. The van der Waals surface area contributed by atoms with Gasteiger partial charge in [0.05, 0.1) is 5.92 Å². The molecule has 1 atom stereocenters. The quantitative estimate of drug-likeness (QED) is 0.202. The van der Waals surface area contributed by atoms with Gasteiger partial charge in [0, 0.05) is 54.5 Å². The molecular formula is C26H27N5O5. The molecule has 0 spiro atoms. The number of amides is 4. The molecule has 3 N–H and O–H groups in total. The zero-order valence-corrected chi connectivity index (χ0v) is 20.0. The molecule has 1 aliphatic rings. The van der Waals surface area contributed by atoms with Crippen LogP contribution in [0.3, 0.4) is 0 Å². The number of imide groups is 1. The van der Waals surface area contributed by atoms with E-state index in [1.165, 1.54) is 13.1 Å². The number of hydroxylamine groups is 1. The maximum Gasteiger partial charge on any atom is 0.274 e. The number of hydrogen-bond acceptors (Lipinski definition) is 6. The first-order valence-electron chi connectivity index (χ1n) is 11.3. The van der Waals surface area contributed by atoms with Crippen LogP contribution in [-0.4, -0.2) is 64.3 Å². The Balaban J connectivity index is 1.86. The first-order valence-corrected chi connectivity index (χ1v) is 11.3. The van der Waals surface area contributed by atoms with Gasteiger partial charge in [-0.2, -0.15) is 0 Å². The van der Waals surface area contributed by atoms with Crippen LogP contribution >= 0.6 is 0 Å². The number of carbonyl (C=O) groups excluding carboxylic acids is 4. The molecule has 0 saturated heterocycles. The summed E-state index contributed by atoms with van der Waals surface area (Å²) in [6.07, 6.45) is 1.70. The summed E-state index contributed by atoms with van der Waals surface area (Å²) in [5.41, 5.74) is 6.06. The Kier molecular flexibility index (Phi) is 7.00. The molecule has 36 heavy (non-hydrogen) atoms. The molecule has 0 radical (unpaired) electrons. The van der Waals surface area contributed by atoms with Crippen molar-refractivity contribution in [3.8, 4) is 0 Å². The second-order valence-electron chi connectivity index (χ2n) is 8.81. The lowest BCUT2D eigenvalue weighted by molar-refractivity contribution is -0.138. The van der Waals surface area contributed by atoms with Gasteiger partial charge in [0.2, 0.25) is 18.2 Å². The van der Waals surface area contributed by atoms with E-state index in [9.17, 15) is 19.2 Å². The van der Waals surface area contributed by atoms with E-state index < -0.39 is 11.8 Å². The first-order chi connectivity index (χ1) is 17.3. The SMILES string of the molecule is C=CC(=O)Nc1ccc2c(c1)c1c(n2Cc2ccc(C(=O)NO)cc2)CN(C)CC1C(=O)N(C)C=O. The molecule has 186 valence electrons. The number of nitrogens with zero attached hydrogens (tertiary/aromatic N) is 3. The van der Waals surface area contributed by atoms with Crippen molar-refractivity contribution in [3.05, 3.63) is 77.5 Å². The third-order valence-electron chi connectivity index (χ3n) is 6.39. The number of likely N-dealkylation sites (N-methyl/N-ethyl adjacent to an activating group) is 2. The minimum atomic E-state index is -0.596. The van der Waals surface area contributed by atoms with Crippen LogP contribution in [0.2, 0.25) is 0 Å². The molecule has 0 fully saturated rings. The summed E-state index contributed by atoms with van der Waals surface area (Å²) in [5.74, 6) is -1.82. The highest BCUT2D eigenvalue weighted by Gasteiger charge is 2.35. The predicted molar refractivity (Wildman–Crippen MR) is 133 cm³/mol. The third-order valence-corrected chi connectivity index (χ3v) is 6.39. The van der Waals surface area contributed by atoms with Gasteiger partial charge in [-0.25, -0.2) is 5.48 Å². The number of carbonyl (C=O) groups is 4. The smallest absolute Gasteiger partial charge is 0.274 e. The van der Waals surface area contributed by atoms with Crippen molar-refractivity contribution in [3.63, 3.8) is 0 Å². The maximum atomic E-state index is 13.2. The van der Waals surface area contributed by atoms with Crippen LogP contribution in [0.1, 0.15) is 33.1 Å². The Labute approximate surface area is 207 Å². The number of benzene rings is 2. The Morgan fingerprint density at radius 1 is 1.19 bits per heavy atom. The summed E-state index contributed by atoms with van der Waals surface area (Å²) in [5, 5.41) is 12.5. The summed E-state index contributed by atoms with van der Waals surface area (Å²) in [6.45, 7) is 4.98. The van der Waals surface area contributed by atoms with Crippen molar-refractivity contribution in [2.75, 3.05) is 26.0 Å². The van der Waals surface area contributed by atoms with E-state index in [1.54, 1.807) is 35.8 Å². The van der Waals surface area contributed by atoms with E-state index in [-0.39, 0.29) is 11.8 Å². The van der Waals surface area contributed by atoms with Crippen molar-refractivity contribution in [2.45, 2.75) is 19.0 Å². The Bertz CT molecular complexity index is 1360. The molecular weight excluding hydrogens is 462 g/mol. The fourth-order valence-electron chi connectivity index (χ4n) is 4.68. The van der Waals surface area contributed by atoms with E-state index in [2.05, 4.69) is 16.5 Å². The molecule has 3 aromatic rings. The summed E-state index contributed by atoms with van der Waals surface area (Å²) in [7, 11) is 3.37. The minimum Gasteiger partial charge on any atom is -0.339 e. The van der Waals surface area contributed by atoms with E-state index in [4.69, 9.17) is 5.21 Å². The molecule has 10 nitrogen and oxygen atoms in total. The van der Waals surface area contributed by atoms with Gasteiger partial charge in [0.25, 0.3) is 5.91 Å². The van der Waals surface area contributed by atoms with Gasteiger partial charge < -0.3 is 9.88 Å². The van der Waals surface area contributed by atoms with Gasteiger partial charge in [-0.3, -0.25) is 34.2 Å². The molecule has 0 saturated carbocycles. The number of nitrogens with one attached hydrogen (secondary N) is 2. The van der Waals surface area contributed by atoms with Crippen molar-refractivity contribution in [2.24, 2.45) is 0 Å². The zero-order chi connectivity index (χ0) is 26.0. The molecule has 10 heteroatoms. The average molecular weight is 490 g/mol. The standard InChI is InChI=1S/C26H27N5O5/c1-4-23(33)27-18-9-10-21-19(11-18)24-20(26(35)30(3)15-32)13-29(2)14-22(24)31(21)12-16-5-7-17(8-6-16)25(34)28-36/h4-11,15,20,36H,1,12-14H2,2-3H3,(H,27,33)(H,28,34). The summed E-state index contributed by atoms with van der Waals surface area (Å²) >= 11 is 0. The molecule has 0 aliphatic carbocycles. The van der Waals surface area contributed by atoms with Gasteiger partial charge in [0.1, 0.15) is 0 Å². The predicted octanol–water partition coefficient (Wildman–Crippen LogP) is 2.08. The van der Waals surface area contributed by atoms with Crippen molar-refractivity contribution in [1.82, 2.24) is 19.8 Å². The van der Waals surface area contributed by atoms with Crippen LogP contribution in [0.15, 0.2) is 55.1 Å². The largest absolute Gasteiger partial charge is 0.339 e. The van der Waals surface area contributed by atoms with Crippen molar-refractivity contribution in [1.29, 1.82) is 0 Å². The lowest BCUT2D eigenvalue weighted by Crippen LogP contribution is -2.40. The zero-order valence-electron chi connectivity index (χ0n) is 20.0. The topological polar surface area (TPSA) is 124 Å². The number of anilines is 1. The molecule has 1 aliphatic heterocycles. The van der Waals surface area contributed by atoms with Crippen LogP contribution < -0.4 is 10.8 Å². The normalized spacial score (nSPS) is 15.1. The highest BCUT2D eigenvalue weighted by Crippen LogP contribution is 2.39. The highest BCUT2D eigenvalue weighted by atomic mass is 16.5. The molecule has 2 aromatic carbocycles.